The molecule has 0 aliphatic heterocycles. The first-order valence-electron chi connectivity index (χ1n) is 23.6. The number of fused-ring (bicyclic) bond motifs is 3. The summed E-state index contributed by atoms with van der Waals surface area (Å²) in [6, 6.07) is 70.8. The predicted molar refractivity (Wildman–Crippen MR) is 286 cm³/mol. The van der Waals surface area contributed by atoms with E-state index in [1.54, 1.807) is 0 Å². The third-order valence-electron chi connectivity index (χ3n) is 14.0. The molecule has 10 aromatic carbocycles. The molecule has 66 heavy (non-hydrogen) atoms. The molecular formula is C64H58N2. The molecular weight excluding hydrogens is 797 g/mol. The Kier molecular flexibility index (Phi) is 9.57. The second-order valence-electron chi connectivity index (χ2n) is 21.5. The van der Waals surface area contributed by atoms with Gasteiger partial charge in [-0.3, -0.25) is 0 Å². The summed E-state index contributed by atoms with van der Waals surface area (Å²) in [5.41, 5.74) is 15.8. The van der Waals surface area contributed by atoms with E-state index in [0.717, 1.165) is 5.69 Å². The summed E-state index contributed by atoms with van der Waals surface area (Å²) in [6.07, 6.45) is 0. The van der Waals surface area contributed by atoms with Crippen molar-refractivity contribution in [2.45, 2.75) is 78.6 Å². The monoisotopic (exact) mass is 854 g/mol. The largest absolute Gasteiger partial charge is 0.310 e. The zero-order chi connectivity index (χ0) is 45.7. The third-order valence-corrected chi connectivity index (χ3v) is 14.0. The molecule has 2 heteroatoms. The molecule has 0 saturated heterocycles. The minimum absolute atomic E-state index is 0.0602. The minimum Gasteiger partial charge on any atom is -0.310 e. The average Bonchev–Trinajstić information content (AvgIpc) is 3.64. The Hall–Kier alpha value is -7.16. The van der Waals surface area contributed by atoms with E-state index < -0.39 is 0 Å². The maximum atomic E-state index is 2.55. The zero-order valence-electron chi connectivity index (χ0n) is 39.8. The van der Waals surface area contributed by atoms with Crippen molar-refractivity contribution in [1.29, 1.82) is 0 Å². The quantitative estimate of drug-likeness (QED) is 0.151. The average molecular weight is 855 g/mol. The standard InChI is InChI=1S/C64H58N2/c1-62(2,3)46-37-47(63(4,5)6)39-49(38-46)65(48-31-34-55(64(7,8)9)54(40-48)43-25-23-42(24-26-43)41-17-11-10-12-18-41)58-35-29-44-28-33-53-59(36-30-45-27-32-52(58)60(44)61(45)53)66-56-21-15-13-19-50(56)51-20-14-16-22-57(51)66/h10-40H,1-9H3. The molecule has 324 valence electrons. The maximum absolute atomic E-state index is 2.55. The van der Waals surface area contributed by atoms with Gasteiger partial charge in [0, 0.05) is 32.9 Å². The highest BCUT2D eigenvalue weighted by atomic mass is 15.1. The number of nitrogens with zero attached hydrogens (tertiary/aromatic N) is 2. The number of rotatable bonds is 6. The Morgan fingerprint density at radius 2 is 0.879 bits per heavy atom. The fourth-order valence-electron chi connectivity index (χ4n) is 10.4. The van der Waals surface area contributed by atoms with E-state index >= 15 is 0 Å². The Balaban J connectivity index is 1.19. The van der Waals surface area contributed by atoms with Gasteiger partial charge in [0.2, 0.25) is 0 Å². The molecule has 11 aromatic rings. The molecule has 0 unspecified atom stereocenters. The summed E-state index contributed by atoms with van der Waals surface area (Å²) >= 11 is 0. The first kappa shape index (κ1) is 41.5. The van der Waals surface area contributed by atoms with Gasteiger partial charge in [-0.1, -0.05) is 202 Å². The van der Waals surface area contributed by atoms with Crippen LogP contribution in [0.3, 0.4) is 0 Å². The number of benzene rings is 10. The van der Waals surface area contributed by atoms with Crippen molar-refractivity contribution in [2.24, 2.45) is 0 Å². The highest BCUT2D eigenvalue weighted by Gasteiger charge is 2.27. The molecule has 0 amide bonds. The van der Waals surface area contributed by atoms with Crippen LogP contribution in [0, 0.1) is 0 Å². The van der Waals surface area contributed by atoms with Crippen LogP contribution in [-0.4, -0.2) is 4.57 Å². The molecule has 0 radical (unpaired) electrons. The van der Waals surface area contributed by atoms with E-state index in [4.69, 9.17) is 0 Å². The van der Waals surface area contributed by atoms with E-state index in [2.05, 4.69) is 260 Å². The summed E-state index contributed by atoms with van der Waals surface area (Å²) in [5.74, 6) is 0. The number of anilines is 3. The van der Waals surface area contributed by atoms with Gasteiger partial charge in [-0.25, -0.2) is 0 Å². The molecule has 0 bridgehead atoms. The van der Waals surface area contributed by atoms with Gasteiger partial charge in [-0.2, -0.15) is 0 Å². The maximum Gasteiger partial charge on any atom is 0.0541 e. The van der Waals surface area contributed by atoms with E-state index in [0.29, 0.717) is 0 Å². The lowest BCUT2D eigenvalue weighted by atomic mass is 9.80. The Morgan fingerprint density at radius 3 is 1.48 bits per heavy atom. The summed E-state index contributed by atoms with van der Waals surface area (Å²) in [5, 5.41) is 10.1. The molecule has 0 aliphatic carbocycles. The Bertz CT molecular complexity index is 3540. The van der Waals surface area contributed by atoms with Crippen LogP contribution in [0.15, 0.2) is 188 Å². The van der Waals surface area contributed by atoms with Gasteiger partial charge in [0.15, 0.2) is 0 Å². The molecule has 1 aromatic heterocycles. The highest BCUT2D eigenvalue weighted by molar-refractivity contribution is 6.27. The lowest BCUT2D eigenvalue weighted by molar-refractivity contribution is 0.568. The van der Waals surface area contributed by atoms with E-state index in [1.807, 2.05) is 0 Å². The van der Waals surface area contributed by atoms with Crippen molar-refractivity contribution in [3.8, 4) is 27.9 Å². The van der Waals surface area contributed by atoms with Crippen molar-refractivity contribution < 1.29 is 0 Å². The van der Waals surface area contributed by atoms with Crippen LogP contribution in [0.4, 0.5) is 17.1 Å². The van der Waals surface area contributed by atoms with Crippen LogP contribution < -0.4 is 4.90 Å². The predicted octanol–water partition coefficient (Wildman–Crippen LogP) is 18.4. The van der Waals surface area contributed by atoms with Gasteiger partial charge >= 0.3 is 0 Å². The lowest BCUT2D eigenvalue weighted by Crippen LogP contribution is -2.19. The van der Waals surface area contributed by atoms with Crippen molar-refractivity contribution in [3.05, 3.63) is 205 Å². The van der Waals surface area contributed by atoms with Crippen LogP contribution in [0.5, 0.6) is 0 Å². The third kappa shape index (κ3) is 6.94. The number of hydrogen-bond donors (Lipinski definition) is 0. The second-order valence-corrected chi connectivity index (χ2v) is 21.5. The van der Waals surface area contributed by atoms with Crippen molar-refractivity contribution in [2.75, 3.05) is 4.90 Å². The molecule has 0 aliphatic rings. The lowest BCUT2D eigenvalue weighted by Gasteiger charge is -2.33. The number of aromatic nitrogens is 1. The number of hydrogen-bond acceptors (Lipinski definition) is 1. The Morgan fingerprint density at radius 1 is 0.364 bits per heavy atom. The van der Waals surface area contributed by atoms with Crippen molar-refractivity contribution in [1.82, 2.24) is 4.57 Å². The molecule has 2 nitrogen and oxygen atoms in total. The van der Waals surface area contributed by atoms with E-state index in [9.17, 15) is 0 Å². The van der Waals surface area contributed by atoms with Crippen LogP contribution in [-0.2, 0) is 16.2 Å². The van der Waals surface area contributed by atoms with Gasteiger partial charge in [0.05, 0.1) is 22.4 Å². The molecule has 0 spiro atoms. The summed E-state index contributed by atoms with van der Waals surface area (Å²) in [6.45, 7) is 21.0. The van der Waals surface area contributed by atoms with Crippen LogP contribution >= 0.6 is 0 Å². The van der Waals surface area contributed by atoms with E-state index in [1.165, 1.54) is 110 Å². The smallest absolute Gasteiger partial charge is 0.0541 e. The summed E-state index contributed by atoms with van der Waals surface area (Å²) < 4.78 is 2.47. The summed E-state index contributed by atoms with van der Waals surface area (Å²) in [4.78, 5) is 2.55. The minimum atomic E-state index is -0.0799. The fourth-order valence-corrected chi connectivity index (χ4v) is 10.4. The molecule has 1 heterocycles. The molecule has 0 saturated carbocycles. The SMILES string of the molecule is CC(C)(C)c1cc(N(c2ccc(C(C)(C)C)c(-c3ccc(-c4ccccc4)cc3)c2)c2ccc3ccc4c(-n5c6ccccc6c6ccccc65)ccc5ccc2c3c54)cc(C(C)(C)C)c1. The van der Waals surface area contributed by atoms with Gasteiger partial charge in [-0.05, 0) is 125 Å². The van der Waals surface area contributed by atoms with Gasteiger partial charge in [0.25, 0.3) is 0 Å². The zero-order valence-corrected chi connectivity index (χ0v) is 39.8. The van der Waals surface area contributed by atoms with Crippen LogP contribution in [0.25, 0.3) is 82.1 Å². The normalized spacial score (nSPS) is 12.6. The van der Waals surface area contributed by atoms with Crippen molar-refractivity contribution >= 4 is 71.2 Å². The topological polar surface area (TPSA) is 8.17 Å². The van der Waals surface area contributed by atoms with Gasteiger partial charge in [0.1, 0.15) is 0 Å². The molecule has 0 atom stereocenters. The second kappa shape index (κ2) is 15.2. The summed E-state index contributed by atoms with van der Waals surface area (Å²) in [7, 11) is 0. The molecule has 0 fully saturated rings. The molecule has 11 rings (SSSR count). The van der Waals surface area contributed by atoms with E-state index in [-0.39, 0.29) is 16.2 Å². The fraction of sp³-hybridized carbons (Fsp3) is 0.188. The molecule has 0 N–H and O–H groups in total. The van der Waals surface area contributed by atoms with Crippen LogP contribution in [0.1, 0.15) is 79.0 Å². The highest BCUT2D eigenvalue weighted by Crippen LogP contribution is 2.48. The first-order chi connectivity index (χ1) is 31.6. The van der Waals surface area contributed by atoms with Crippen LogP contribution in [0.2, 0.25) is 0 Å². The van der Waals surface area contributed by atoms with Gasteiger partial charge < -0.3 is 9.47 Å². The Labute approximate surface area is 390 Å². The van der Waals surface area contributed by atoms with Crippen molar-refractivity contribution in [3.63, 3.8) is 0 Å². The van der Waals surface area contributed by atoms with Gasteiger partial charge in [-0.15, -0.1) is 0 Å². The number of para-hydroxylation sites is 2. The first-order valence-corrected chi connectivity index (χ1v) is 23.6.